The number of fused-ring (bicyclic) bond motifs is 3. The van der Waals surface area contributed by atoms with Crippen molar-refractivity contribution in [2.24, 2.45) is 7.05 Å². The molecule has 2 aromatic rings. The number of aromatic nitrogens is 1. The van der Waals surface area contributed by atoms with E-state index in [1.54, 1.807) is 4.57 Å². The van der Waals surface area contributed by atoms with Crippen LogP contribution in [-0.2, 0) is 7.05 Å². The molecular formula is C13H9NO2. The summed E-state index contributed by atoms with van der Waals surface area (Å²) in [5.74, 6) is -0.195. The molecule has 0 radical (unpaired) electrons. The highest BCUT2D eigenvalue weighted by Crippen LogP contribution is 2.28. The summed E-state index contributed by atoms with van der Waals surface area (Å²) in [5, 5.41) is 0.850. The van der Waals surface area contributed by atoms with E-state index in [9.17, 15) is 9.59 Å². The second kappa shape index (κ2) is 2.92. The lowest BCUT2D eigenvalue weighted by atomic mass is 9.99. The fourth-order valence-corrected chi connectivity index (χ4v) is 2.24. The van der Waals surface area contributed by atoms with E-state index in [1.807, 2.05) is 31.3 Å². The van der Waals surface area contributed by atoms with Gasteiger partial charge in [0.1, 0.15) is 5.69 Å². The van der Waals surface area contributed by atoms with Crippen molar-refractivity contribution in [3.05, 3.63) is 47.7 Å². The number of rotatable bonds is 0. The summed E-state index contributed by atoms with van der Waals surface area (Å²) in [5.41, 5.74) is 1.94. The lowest BCUT2D eigenvalue weighted by Gasteiger charge is -2.05. The number of hydrogen-bond donors (Lipinski definition) is 0. The van der Waals surface area contributed by atoms with Gasteiger partial charge in [-0.2, -0.15) is 0 Å². The average Bonchev–Trinajstić information content (AvgIpc) is 2.60. The minimum absolute atomic E-state index is 0.0913. The Morgan fingerprint density at radius 3 is 2.50 bits per heavy atom. The van der Waals surface area contributed by atoms with Gasteiger partial charge in [0.25, 0.3) is 0 Å². The van der Waals surface area contributed by atoms with E-state index >= 15 is 0 Å². The standard InChI is InChI=1S/C13H9NO2/c1-14-9-5-3-2-4-8(9)12-10(15)6-7-11(16)13(12)14/h2-7H,1H3. The molecule has 0 bridgehead atoms. The Morgan fingerprint density at radius 2 is 1.69 bits per heavy atom. The molecule has 1 aliphatic rings. The van der Waals surface area contributed by atoms with Crippen LogP contribution in [0.5, 0.6) is 0 Å². The Hall–Kier alpha value is -2.16. The number of aryl methyl sites for hydroxylation is 1. The van der Waals surface area contributed by atoms with E-state index < -0.39 is 0 Å². The minimum atomic E-state index is -0.103. The van der Waals surface area contributed by atoms with Crippen LogP contribution in [0, 0.1) is 0 Å². The highest BCUT2D eigenvalue weighted by Gasteiger charge is 2.26. The number of benzene rings is 1. The van der Waals surface area contributed by atoms with Crippen LogP contribution < -0.4 is 0 Å². The molecule has 0 fully saturated rings. The van der Waals surface area contributed by atoms with Gasteiger partial charge in [-0.3, -0.25) is 9.59 Å². The van der Waals surface area contributed by atoms with Gasteiger partial charge in [0, 0.05) is 18.0 Å². The molecule has 1 aromatic heterocycles. The van der Waals surface area contributed by atoms with Crippen molar-refractivity contribution < 1.29 is 9.59 Å². The lowest BCUT2D eigenvalue weighted by molar-refractivity contribution is 0.0990. The molecule has 1 heterocycles. The maximum atomic E-state index is 11.8. The molecule has 16 heavy (non-hydrogen) atoms. The van der Waals surface area contributed by atoms with Crippen molar-refractivity contribution in [3.8, 4) is 0 Å². The van der Waals surface area contributed by atoms with Crippen molar-refractivity contribution in [2.45, 2.75) is 0 Å². The van der Waals surface area contributed by atoms with Gasteiger partial charge in [0.05, 0.1) is 5.56 Å². The maximum absolute atomic E-state index is 11.8. The molecule has 0 saturated heterocycles. The Bertz CT molecular complexity index is 662. The third-order valence-corrected chi connectivity index (χ3v) is 2.97. The fraction of sp³-hybridized carbons (Fsp3) is 0.0769. The number of carbonyl (C=O) groups is 2. The van der Waals surface area contributed by atoms with Crippen LogP contribution in [0.4, 0.5) is 0 Å². The SMILES string of the molecule is Cn1c2c(c3ccccc31)C(=O)C=CC2=O. The third kappa shape index (κ3) is 0.972. The summed E-state index contributed by atoms with van der Waals surface area (Å²) in [7, 11) is 1.81. The van der Waals surface area contributed by atoms with Crippen LogP contribution in [0.1, 0.15) is 20.8 Å². The van der Waals surface area contributed by atoms with Crippen LogP contribution in [0.15, 0.2) is 36.4 Å². The number of allylic oxidation sites excluding steroid dienone is 2. The second-order valence-electron chi connectivity index (χ2n) is 3.86. The van der Waals surface area contributed by atoms with Crippen molar-refractivity contribution in [1.29, 1.82) is 0 Å². The van der Waals surface area contributed by atoms with Crippen LogP contribution in [0.3, 0.4) is 0 Å². The minimum Gasteiger partial charge on any atom is -0.340 e. The summed E-state index contributed by atoms with van der Waals surface area (Å²) in [4.78, 5) is 23.6. The summed E-state index contributed by atoms with van der Waals surface area (Å²) in [6.07, 6.45) is 2.68. The summed E-state index contributed by atoms with van der Waals surface area (Å²) in [6.45, 7) is 0. The van der Waals surface area contributed by atoms with Gasteiger partial charge in [-0.25, -0.2) is 0 Å². The Kier molecular flexibility index (Phi) is 1.66. The summed E-state index contributed by atoms with van der Waals surface area (Å²) in [6, 6.07) is 7.56. The number of para-hydroxylation sites is 1. The van der Waals surface area contributed by atoms with Gasteiger partial charge in [0.15, 0.2) is 5.78 Å². The molecule has 0 aliphatic heterocycles. The van der Waals surface area contributed by atoms with Crippen molar-refractivity contribution in [3.63, 3.8) is 0 Å². The van der Waals surface area contributed by atoms with E-state index in [-0.39, 0.29) is 11.6 Å². The molecular weight excluding hydrogens is 202 g/mol. The molecule has 78 valence electrons. The van der Waals surface area contributed by atoms with Crippen molar-refractivity contribution >= 4 is 22.5 Å². The number of hydrogen-bond acceptors (Lipinski definition) is 2. The van der Waals surface area contributed by atoms with Crippen molar-refractivity contribution in [2.75, 3.05) is 0 Å². The first kappa shape index (κ1) is 9.09. The average molecular weight is 211 g/mol. The molecule has 3 rings (SSSR count). The monoisotopic (exact) mass is 211 g/mol. The molecule has 0 N–H and O–H groups in total. The molecule has 0 unspecified atom stereocenters. The van der Waals surface area contributed by atoms with Crippen LogP contribution in [0.25, 0.3) is 10.9 Å². The largest absolute Gasteiger partial charge is 0.340 e. The highest BCUT2D eigenvalue weighted by atomic mass is 16.1. The Balaban J connectivity index is 2.54. The predicted octanol–water partition coefficient (Wildman–Crippen LogP) is 2.11. The van der Waals surface area contributed by atoms with Gasteiger partial charge in [0.2, 0.25) is 5.78 Å². The first-order chi connectivity index (χ1) is 7.70. The predicted molar refractivity (Wildman–Crippen MR) is 60.7 cm³/mol. The maximum Gasteiger partial charge on any atom is 0.203 e. The van der Waals surface area contributed by atoms with E-state index in [1.165, 1.54) is 12.2 Å². The first-order valence-electron chi connectivity index (χ1n) is 5.04. The van der Waals surface area contributed by atoms with E-state index in [4.69, 9.17) is 0 Å². The van der Waals surface area contributed by atoms with E-state index in [0.29, 0.717) is 11.3 Å². The first-order valence-corrected chi connectivity index (χ1v) is 5.04. The molecule has 1 aromatic carbocycles. The third-order valence-electron chi connectivity index (χ3n) is 2.97. The number of carbonyl (C=O) groups excluding carboxylic acids is 2. The molecule has 0 amide bonds. The summed E-state index contributed by atoms with van der Waals surface area (Å²) < 4.78 is 1.79. The van der Waals surface area contributed by atoms with Gasteiger partial charge in [-0.15, -0.1) is 0 Å². The quantitative estimate of drug-likeness (QED) is 0.669. The molecule has 3 heteroatoms. The lowest BCUT2D eigenvalue weighted by Crippen LogP contribution is -2.13. The van der Waals surface area contributed by atoms with Gasteiger partial charge in [-0.1, -0.05) is 18.2 Å². The summed E-state index contributed by atoms with van der Waals surface area (Å²) >= 11 is 0. The molecule has 1 aliphatic carbocycles. The Labute approximate surface area is 92.0 Å². The zero-order valence-corrected chi connectivity index (χ0v) is 8.73. The molecule has 0 spiro atoms. The normalized spacial score (nSPS) is 14.6. The smallest absolute Gasteiger partial charge is 0.203 e. The van der Waals surface area contributed by atoms with Gasteiger partial charge >= 0.3 is 0 Å². The molecule has 0 saturated carbocycles. The van der Waals surface area contributed by atoms with Crippen LogP contribution in [0.2, 0.25) is 0 Å². The van der Waals surface area contributed by atoms with Crippen LogP contribution in [-0.4, -0.2) is 16.1 Å². The highest BCUT2D eigenvalue weighted by molar-refractivity contribution is 6.27. The zero-order valence-electron chi connectivity index (χ0n) is 8.73. The van der Waals surface area contributed by atoms with Gasteiger partial charge < -0.3 is 4.57 Å². The Morgan fingerprint density at radius 1 is 1.00 bits per heavy atom. The van der Waals surface area contributed by atoms with E-state index in [0.717, 1.165) is 10.9 Å². The number of nitrogens with zero attached hydrogens (tertiary/aromatic N) is 1. The topological polar surface area (TPSA) is 39.1 Å². The molecule has 3 nitrogen and oxygen atoms in total. The second-order valence-corrected chi connectivity index (χ2v) is 3.86. The van der Waals surface area contributed by atoms with Crippen LogP contribution >= 0.6 is 0 Å². The van der Waals surface area contributed by atoms with E-state index in [2.05, 4.69) is 0 Å². The number of ketones is 2. The molecule has 0 atom stereocenters. The van der Waals surface area contributed by atoms with Crippen molar-refractivity contribution in [1.82, 2.24) is 4.57 Å². The zero-order chi connectivity index (χ0) is 11.3. The van der Waals surface area contributed by atoms with Gasteiger partial charge in [-0.05, 0) is 18.2 Å². The fourth-order valence-electron chi connectivity index (χ4n) is 2.24.